The van der Waals surface area contributed by atoms with E-state index < -0.39 is 5.97 Å². The highest BCUT2D eigenvalue weighted by atomic mass is 16.5. The maximum absolute atomic E-state index is 11.6. The summed E-state index contributed by atoms with van der Waals surface area (Å²) in [5.41, 5.74) is 1.88. The van der Waals surface area contributed by atoms with Crippen LogP contribution >= 0.6 is 0 Å². The van der Waals surface area contributed by atoms with Gasteiger partial charge in [0.2, 0.25) is 0 Å². The molecule has 0 aliphatic heterocycles. The van der Waals surface area contributed by atoms with Gasteiger partial charge in [-0.2, -0.15) is 0 Å². The molecular weight excluding hydrogens is 320 g/mol. The van der Waals surface area contributed by atoms with Crippen LogP contribution in [0.1, 0.15) is 22.3 Å². The van der Waals surface area contributed by atoms with Crippen LogP contribution in [0.5, 0.6) is 0 Å². The first kappa shape index (κ1) is 20.1. The van der Waals surface area contributed by atoms with Crippen LogP contribution in [0, 0.1) is 0 Å². The molecular formula is C20H22O5. The molecule has 0 unspecified atom stereocenters. The average molecular weight is 342 g/mol. The van der Waals surface area contributed by atoms with Crippen LogP contribution in [0.3, 0.4) is 0 Å². The third-order valence-electron chi connectivity index (χ3n) is 3.11. The van der Waals surface area contributed by atoms with E-state index in [1.165, 1.54) is 7.11 Å². The highest BCUT2D eigenvalue weighted by Gasteiger charge is 2.05. The summed E-state index contributed by atoms with van der Waals surface area (Å²) in [6.45, 7) is 3.63. The van der Waals surface area contributed by atoms with Gasteiger partial charge in [0.1, 0.15) is 6.61 Å². The van der Waals surface area contributed by atoms with Crippen molar-refractivity contribution in [3.05, 3.63) is 83.9 Å². The Kier molecular flexibility index (Phi) is 9.33. The number of carbonyl (C=O) groups excluding carboxylic acids is 2. The van der Waals surface area contributed by atoms with Crippen LogP contribution in [0.4, 0.5) is 0 Å². The Labute approximate surface area is 147 Å². The monoisotopic (exact) mass is 342 g/mol. The molecule has 2 aromatic rings. The predicted octanol–water partition coefficient (Wildman–Crippen LogP) is 3.14. The molecule has 0 saturated heterocycles. The molecule has 0 aromatic heterocycles. The fourth-order valence-electron chi connectivity index (χ4n) is 1.76. The molecule has 0 saturated carbocycles. The molecule has 132 valence electrons. The number of methoxy groups -OCH3 is 1. The summed E-state index contributed by atoms with van der Waals surface area (Å²) < 4.78 is 9.49. The smallest absolute Gasteiger partial charge is 0.338 e. The van der Waals surface area contributed by atoms with Gasteiger partial charge in [-0.15, -0.1) is 0 Å². The largest absolute Gasteiger partial charge is 0.466 e. The zero-order valence-electron chi connectivity index (χ0n) is 14.2. The molecule has 0 fully saturated rings. The lowest BCUT2D eigenvalue weighted by Crippen LogP contribution is -2.04. The van der Waals surface area contributed by atoms with Crippen LogP contribution < -0.4 is 0 Å². The Morgan fingerprint density at radius 3 is 2.08 bits per heavy atom. The van der Waals surface area contributed by atoms with Crippen molar-refractivity contribution in [1.29, 1.82) is 0 Å². The predicted molar refractivity (Wildman–Crippen MR) is 94.9 cm³/mol. The number of hydrogen-bond donors (Lipinski definition) is 1. The van der Waals surface area contributed by atoms with Crippen molar-refractivity contribution in [2.24, 2.45) is 0 Å². The van der Waals surface area contributed by atoms with Gasteiger partial charge in [-0.1, -0.05) is 55.1 Å². The van der Waals surface area contributed by atoms with E-state index in [1.54, 1.807) is 12.1 Å². The quantitative estimate of drug-likeness (QED) is 0.645. The molecule has 5 nitrogen and oxygen atoms in total. The van der Waals surface area contributed by atoms with Gasteiger partial charge in [0.15, 0.2) is 0 Å². The van der Waals surface area contributed by atoms with Crippen LogP contribution in [0.2, 0.25) is 0 Å². The molecule has 2 aromatic carbocycles. The van der Waals surface area contributed by atoms with E-state index in [4.69, 9.17) is 9.84 Å². The maximum atomic E-state index is 11.6. The van der Waals surface area contributed by atoms with E-state index in [9.17, 15) is 9.59 Å². The Morgan fingerprint density at radius 1 is 1.00 bits per heavy atom. The van der Waals surface area contributed by atoms with Gasteiger partial charge in [0, 0.05) is 18.6 Å². The highest BCUT2D eigenvalue weighted by molar-refractivity contribution is 5.89. The molecule has 0 radical (unpaired) electrons. The average Bonchev–Trinajstić information content (AvgIpc) is 2.67. The second-order valence-corrected chi connectivity index (χ2v) is 5.00. The minimum absolute atomic E-state index is 0.0616. The van der Waals surface area contributed by atoms with E-state index in [0.29, 0.717) is 17.7 Å². The van der Waals surface area contributed by atoms with Gasteiger partial charge < -0.3 is 14.6 Å². The second-order valence-electron chi connectivity index (χ2n) is 5.00. The Morgan fingerprint density at radius 2 is 1.56 bits per heavy atom. The van der Waals surface area contributed by atoms with E-state index in [-0.39, 0.29) is 19.0 Å². The van der Waals surface area contributed by atoms with Crippen LogP contribution in [0.25, 0.3) is 0 Å². The van der Waals surface area contributed by atoms with Gasteiger partial charge in [-0.3, -0.25) is 0 Å². The SMILES string of the molecule is C=C(CCO)C(=O)OC.O=C(OCc1ccccc1)c1ccccc1. The lowest BCUT2D eigenvalue weighted by atomic mass is 10.2. The molecule has 0 amide bonds. The molecule has 0 heterocycles. The summed E-state index contributed by atoms with van der Waals surface area (Å²) in [6, 6.07) is 18.6. The normalized spacial score (nSPS) is 9.36. The summed E-state index contributed by atoms with van der Waals surface area (Å²) in [4.78, 5) is 22.1. The first-order valence-electron chi connectivity index (χ1n) is 7.71. The fraction of sp³-hybridized carbons (Fsp3) is 0.200. The number of hydrogen-bond acceptors (Lipinski definition) is 5. The molecule has 0 aliphatic carbocycles. The lowest BCUT2D eigenvalue weighted by molar-refractivity contribution is -0.136. The molecule has 0 spiro atoms. The molecule has 5 heteroatoms. The summed E-state index contributed by atoms with van der Waals surface area (Å²) in [5, 5.41) is 8.31. The zero-order chi connectivity index (χ0) is 18.5. The molecule has 2 rings (SSSR count). The number of aliphatic hydroxyl groups is 1. The lowest BCUT2D eigenvalue weighted by Gasteiger charge is -2.04. The Balaban J connectivity index is 0.000000299. The maximum Gasteiger partial charge on any atom is 0.338 e. The summed E-state index contributed by atoms with van der Waals surface area (Å²) in [7, 11) is 1.28. The number of aliphatic hydroxyl groups excluding tert-OH is 1. The molecule has 0 aliphatic rings. The van der Waals surface area contributed by atoms with Gasteiger partial charge in [-0.05, 0) is 17.7 Å². The molecule has 0 atom stereocenters. The first-order chi connectivity index (χ1) is 12.1. The van der Waals surface area contributed by atoms with E-state index in [1.807, 2.05) is 48.5 Å². The fourth-order valence-corrected chi connectivity index (χ4v) is 1.76. The van der Waals surface area contributed by atoms with Crippen molar-refractivity contribution >= 4 is 11.9 Å². The minimum Gasteiger partial charge on any atom is -0.466 e. The third-order valence-corrected chi connectivity index (χ3v) is 3.11. The van der Waals surface area contributed by atoms with Gasteiger partial charge in [0.25, 0.3) is 0 Å². The first-order valence-corrected chi connectivity index (χ1v) is 7.71. The zero-order valence-corrected chi connectivity index (χ0v) is 14.2. The summed E-state index contributed by atoms with van der Waals surface area (Å²) >= 11 is 0. The molecule has 0 bridgehead atoms. The topological polar surface area (TPSA) is 72.8 Å². The van der Waals surface area contributed by atoms with Crippen molar-refractivity contribution in [3.8, 4) is 0 Å². The van der Waals surface area contributed by atoms with Crippen molar-refractivity contribution in [2.75, 3.05) is 13.7 Å². The highest BCUT2D eigenvalue weighted by Crippen LogP contribution is 2.05. The van der Waals surface area contributed by atoms with E-state index in [0.717, 1.165) is 5.56 Å². The number of carbonyl (C=O) groups is 2. The number of benzene rings is 2. The minimum atomic E-state index is -0.455. The van der Waals surface area contributed by atoms with Crippen molar-refractivity contribution < 1.29 is 24.2 Å². The van der Waals surface area contributed by atoms with E-state index in [2.05, 4.69) is 11.3 Å². The summed E-state index contributed by atoms with van der Waals surface area (Å²) in [5.74, 6) is -0.742. The van der Waals surface area contributed by atoms with Crippen LogP contribution in [-0.4, -0.2) is 30.8 Å². The molecule has 1 N–H and O–H groups in total. The Hall–Kier alpha value is -2.92. The van der Waals surface area contributed by atoms with E-state index >= 15 is 0 Å². The number of esters is 2. The van der Waals surface area contributed by atoms with Crippen molar-refractivity contribution in [3.63, 3.8) is 0 Å². The van der Waals surface area contributed by atoms with Crippen LogP contribution in [-0.2, 0) is 20.9 Å². The van der Waals surface area contributed by atoms with Crippen LogP contribution in [0.15, 0.2) is 72.8 Å². The number of rotatable bonds is 6. The summed E-state index contributed by atoms with van der Waals surface area (Å²) in [6.07, 6.45) is 0.284. The van der Waals surface area contributed by atoms with Crippen molar-refractivity contribution in [2.45, 2.75) is 13.0 Å². The van der Waals surface area contributed by atoms with Gasteiger partial charge >= 0.3 is 11.9 Å². The molecule has 25 heavy (non-hydrogen) atoms. The Bertz CT molecular complexity index is 665. The number of ether oxygens (including phenoxy) is 2. The van der Waals surface area contributed by atoms with Gasteiger partial charge in [-0.25, -0.2) is 9.59 Å². The van der Waals surface area contributed by atoms with Crippen molar-refractivity contribution in [1.82, 2.24) is 0 Å². The third kappa shape index (κ3) is 7.94. The second kappa shape index (κ2) is 11.6. The van der Waals surface area contributed by atoms with Gasteiger partial charge in [0.05, 0.1) is 12.7 Å². The standard InChI is InChI=1S/C14H12O2.C6H10O3/c15-14(13-9-5-2-6-10-13)16-11-12-7-3-1-4-8-12;1-5(3-4-7)6(8)9-2/h1-10H,11H2;7H,1,3-4H2,2H3.